The van der Waals surface area contributed by atoms with Crippen LogP contribution < -0.4 is 5.32 Å². The molecule has 2 rings (SSSR count). The van der Waals surface area contributed by atoms with Crippen LogP contribution in [0.5, 0.6) is 0 Å². The standard InChI is InChI=1S/C13H25N/c1-13(2,3)14-9-11-7-8-12(11)10-5-4-6-10/h10-12,14H,4-9H2,1-3H3. The van der Waals surface area contributed by atoms with Crippen LogP contribution in [0.15, 0.2) is 0 Å². The van der Waals surface area contributed by atoms with Crippen LogP contribution in [0.4, 0.5) is 0 Å². The molecule has 0 aromatic carbocycles. The van der Waals surface area contributed by atoms with Crippen LogP contribution in [0.1, 0.15) is 52.9 Å². The average molecular weight is 195 g/mol. The Balaban J connectivity index is 1.71. The molecule has 14 heavy (non-hydrogen) atoms. The summed E-state index contributed by atoms with van der Waals surface area (Å²) in [6, 6.07) is 0. The highest BCUT2D eigenvalue weighted by Crippen LogP contribution is 2.47. The van der Waals surface area contributed by atoms with Gasteiger partial charge in [-0.15, -0.1) is 0 Å². The van der Waals surface area contributed by atoms with E-state index in [1.54, 1.807) is 0 Å². The lowest BCUT2D eigenvalue weighted by Gasteiger charge is -2.46. The van der Waals surface area contributed by atoms with Crippen LogP contribution in [0.2, 0.25) is 0 Å². The van der Waals surface area contributed by atoms with E-state index in [-0.39, 0.29) is 0 Å². The van der Waals surface area contributed by atoms with E-state index >= 15 is 0 Å². The van der Waals surface area contributed by atoms with E-state index in [1.165, 1.54) is 38.6 Å². The van der Waals surface area contributed by atoms with Gasteiger partial charge in [0.15, 0.2) is 0 Å². The van der Waals surface area contributed by atoms with Crippen molar-refractivity contribution in [1.29, 1.82) is 0 Å². The molecule has 2 fully saturated rings. The minimum atomic E-state index is 0.305. The van der Waals surface area contributed by atoms with Gasteiger partial charge in [-0.25, -0.2) is 0 Å². The first-order valence-corrected chi connectivity index (χ1v) is 6.31. The highest BCUT2D eigenvalue weighted by atomic mass is 14.9. The van der Waals surface area contributed by atoms with E-state index < -0.39 is 0 Å². The molecule has 0 spiro atoms. The fraction of sp³-hybridized carbons (Fsp3) is 1.00. The summed E-state index contributed by atoms with van der Waals surface area (Å²) in [5.41, 5.74) is 0.305. The molecule has 2 aliphatic carbocycles. The first-order valence-electron chi connectivity index (χ1n) is 6.31. The SMILES string of the molecule is CC(C)(C)NCC1CCC1C1CCC1. The molecule has 0 heterocycles. The van der Waals surface area contributed by atoms with Crippen molar-refractivity contribution in [1.82, 2.24) is 5.32 Å². The van der Waals surface area contributed by atoms with Gasteiger partial charge in [-0.05, 0) is 57.9 Å². The van der Waals surface area contributed by atoms with Gasteiger partial charge in [0, 0.05) is 5.54 Å². The highest BCUT2D eigenvalue weighted by Gasteiger charge is 2.39. The van der Waals surface area contributed by atoms with Gasteiger partial charge in [0.05, 0.1) is 0 Å². The summed E-state index contributed by atoms with van der Waals surface area (Å²) in [6.07, 6.45) is 7.54. The second kappa shape index (κ2) is 3.84. The van der Waals surface area contributed by atoms with Crippen molar-refractivity contribution in [2.75, 3.05) is 6.54 Å². The van der Waals surface area contributed by atoms with E-state index in [4.69, 9.17) is 0 Å². The molecule has 0 saturated heterocycles. The van der Waals surface area contributed by atoms with E-state index in [0.29, 0.717) is 5.54 Å². The Kier molecular flexibility index (Phi) is 2.88. The van der Waals surface area contributed by atoms with Gasteiger partial charge in [-0.1, -0.05) is 19.3 Å². The zero-order valence-corrected chi connectivity index (χ0v) is 9.97. The molecule has 1 N–H and O–H groups in total. The van der Waals surface area contributed by atoms with Crippen molar-refractivity contribution in [3.63, 3.8) is 0 Å². The van der Waals surface area contributed by atoms with Gasteiger partial charge in [-0.2, -0.15) is 0 Å². The Labute approximate surface area is 88.7 Å². The van der Waals surface area contributed by atoms with Crippen molar-refractivity contribution in [2.45, 2.75) is 58.4 Å². The predicted octanol–water partition coefficient (Wildman–Crippen LogP) is 3.20. The van der Waals surface area contributed by atoms with Crippen LogP contribution in [0.25, 0.3) is 0 Å². The molecule has 2 unspecified atom stereocenters. The summed E-state index contributed by atoms with van der Waals surface area (Å²) in [7, 11) is 0. The Morgan fingerprint density at radius 2 is 1.79 bits per heavy atom. The quantitative estimate of drug-likeness (QED) is 0.729. The van der Waals surface area contributed by atoms with Gasteiger partial charge in [-0.3, -0.25) is 0 Å². The zero-order chi connectivity index (χ0) is 10.2. The summed E-state index contributed by atoms with van der Waals surface area (Å²) in [4.78, 5) is 0. The summed E-state index contributed by atoms with van der Waals surface area (Å²) in [5.74, 6) is 3.19. The average Bonchev–Trinajstić information content (AvgIpc) is 1.91. The Bertz CT molecular complexity index is 188. The van der Waals surface area contributed by atoms with E-state index in [1.807, 2.05) is 0 Å². The van der Waals surface area contributed by atoms with Crippen molar-refractivity contribution in [2.24, 2.45) is 17.8 Å². The molecule has 0 aromatic rings. The maximum absolute atomic E-state index is 3.66. The molecule has 0 aromatic heterocycles. The largest absolute Gasteiger partial charge is 0.312 e. The fourth-order valence-electron chi connectivity index (χ4n) is 2.77. The third-order valence-electron chi connectivity index (χ3n) is 4.13. The molecule has 0 amide bonds. The predicted molar refractivity (Wildman–Crippen MR) is 61.3 cm³/mol. The third-order valence-corrected chi connectivity index (χ3v) is 4.13. The molecular weight excluding hydrogens is 170 g/mol. The number of nitrogens with one attached hydrogen (secondary N) is 1. The molecule has 82 valence electrons. The Morgan fingerprint density at radius 3 is 2.14 bits per heavy atom. The molecule has 0 bridgehead atoms. The van der Waals surface area contributed by atoms with Crippen LogP contribution in [-0.2, 0) is 0 Å². The van der Waals surface area contributed by atoms with Gasteiger partial charge in [0.25, 0.3) is 0 Å². The highest BCUT2D eigenvalue weighted by molar-refractivity contribution is 4.91. The number of hydrogen-bond acceptors (Lipinski definition) is 1. The lowest BCUT2D eigenvalue weighted by molar-refractivity contribution is 0.0521. The lowest BCUT2D eigenvalue weighted by atomic mass is 9.61. The van der Waals surface area contributed by atoms with Gasteiger partial charge >= 0.3 is 0 Å². The van der Waals surface area contributed by atoms with Gasteiger partial charge < -0.3 is 5.32 Å². The lowest BCUT2D eigenvalue weighted by Crippen LogP contribution is -2.46. The van der Waals surface area contributed by atoms with Crippen LogP contribution in [-0.4, -0.2) is 12.1 Å². The number of rotatable bonds is 3. The summed E-state index contributed by atoms with van der Waals surface area (Å²) >= 11 is 0. The van der Waals surface area contributed by atoms with Crippen molar-refractivity contribution >= 4 is 0 Å². The van der Waals surface area contributed by atoms with E-state index in [9.17, 15) is 0 Å². The van der Waals surface area contributed by atoms with Crippen LogP contribution >= 0.6 is 0 Å². The van der Waals surface area contributed by atoms with Crippen molar-refractivity contribution in [3.8, 4) is 0 Å². The van der Waals surface area contributed by atoms with Crippen LogP contribution in [0, 0.1) is 17.8 Å². The molecule has 2 atom stereocenters. The summed E-state index contributed by atoms with van der Waals surface area (Å²) in [6.45, 7) is 8.06. The van der Waals surface area contributed by atoms with E-state index in [2.05, 4.69) is 26.1 Å². The topological polar surface area (TPSA) is 12.0 Å². The molecule has 0 radical (unpaired) electrons. The maximum Gasteiger partial charge on any atom is 0.00966 e. The second-order valence-electron chi connectivity index (χ2n) is 6.32. The van der Waals surface area contributed by atoms with Crippen molar-refractivity contribution in [3.05, 3.63) is 0 Å². The fourth-order valence-corrected chi connectivity index (χ4v) is 2.77. The molecule has 2 saturated carbocycles. The van der Waals surface area contributed by atoms with Crippen molar-refractivity contribution < 1.29 is 0 Å². The maximum atomic E-state index is 3.66. The molecule has 2 aliphatic rings. The molecular formula is C13H25N. The molecule has 1 heteroatoms. The summed E-state index contributed by atoms with van der Waals surface area (Å²) < 4.78 is 0. The van der Waals surface area contributed by atoms with Gasteiger partial charge in [0.2, 0.25) is 0 Å². The minimum Gasteiger partial charge on any atom is -0.312 e. The van der Waals surface area contributed by atoms with Crippen LogP contribution in [0.3, 0.4) is 0 Å². The number of hydrogen-bond donors (Lipinski definition) is 1. The van der Waals surface area contributed by atoms with E-state index in [0.717, 1.165) is 17.8 Å². The Morgan fingerprint density at radius 1 is 1.07 bits per heavy atom. The summed E-state index contributed by atoms with van der Waals surface area (Å²) in [5, 5.41) is 3.66. The zero-order valence-electron chi connectivity index (χ0n) is 9.97. The third kappa shape index (κ3) is 2.31. The second-order valence-corrected chi connectivity index (χ2v) is 6.32. The smallest absolute Gasteiger partial charge is 0.00966 e. The first kappa shape index (κ1) is 10.5. The minimum absolute atomic E-state index is 0.305. The Hall–Kier alpha value is -0.0400. The monoisotopic (exact) mass is 195 g/mol. The molecule has 0 aliphatic heterocycles. The van der Waals surface area contributed by atoms with Gasteiger partial charge in [0.1, 0.15) is 0 Å². The molecule has 1 nitrogen and oxygen atoms in total. The first-order chi connectivity index (χ1) is 6.56. The normalized spacial score (nSPS) is 33.6.